The highest BCUT2D eigenvalue weighted by molar-refractivity contribution is 5.81. The van der Waals surface area contributed by atoms with E-state index in [0.717, 1.165) is 18.9 Å². The van der Waals surface area contributed by atoms with Crippen molar-refractivity contribution in [3.8, 4) is 0 Å². The van der Waals surface area contributed by atoms with Crippen LogP contribution >= 0.6 is 0 Å². The molecule has 1 amide bonds. The van der Waals surface area contributed by atoms with Crippen molar-refractivity contribution in [2.75, 3.05) is 6.54 Å². The van der Waals surface area contributed by atoms with Gasteiger partial charge in [-0.05, 0) is 18.3 Å². The molecule has 76 valence electrons. The minimum Gasteiger partial charge on any atom is -0.354 e. The normalized spacial score (nSPS) is 18.8. The first-order valence-electron chi connectivity index (χ1n) is 5.13. The minimum absolute atomic E-state index is 0.0144. The van der Waals surface area contributed by atoms with Gasteiger partial charge in [-0.2, -0.15) is 0 Å². The van der Waals surface area contributed by atoms with E-state index in [4.69, 9.17) is 5.73 Å². The Morgan fingerprint density at radius 3 is 2.62 bits per heavy atom. The molecule has 0 saturated heterocycles. The van der Waals surface area contributed by atoms with Gasteiger partial charge in [0.1, 0.15) is 0 Å². The zero-order chi connectivity index (χ0) is 9.84. The summed E-state index contributed by atoms with van der Waals surface area (Å²) in [5.41, 5.74) is 5.73. The van der Waals surface area contributed by atoms with Gasteiger partial charge in [-0.15, -0.1) is 0 Å². The summed E-state index contributed by atoms with van der Waals surface area (Å²) in [5, 5.41) is 2.85. The fourth-order valence-corrected chi connectivity index (χ4v) is 1.26. The van der Waals surface area contributed by atoms with Crippen molar-refractivity contribution in [2.45, 2.75) is 39.2 Å². The predicted octanol–water partition coefficient (Wildman–Crippen LogP) is 0.886. The summed E-state index contributed by atoms with van der Waals surface area (Å²) in [6.07, 6.45) is 3.38. The second-order valence-corrected chi connectivity index (χ2v) is 4.42. The maximum absolute atomic E-state index is 11.4. The van der Waals surface area contributed by atoms with E-state index in [1.54, 1.807) is 0 Å². The standard InChI is InChI=1S/C10H20N2O/c1-7(2)6-12-10(13)9(11)5-8-3-4-8/h7-9H,3-6,11H2,1-2H3,(H,12,13). The Balaban J connectivity index is 2.13. The summed E-state index contributed by atoms with van der Waals surface area (Å²) >= 11 is 0. The molecule has 1 aliphatic rings. The largest absolute Gasteiger partial charge is 0.354 e. The van der Waals surface area contributed by atoms with Crippen LogP contribution in [-0.4, -0.2) is 18.5 Å². The molecule has 0 spiro atoms. The van der Waals surface area contributed by atoms with Gasteiger partial charge in [-0.25, -0.2) is 0 Å². The third-order valence-electron chi connectivity index (χ3n) is 2.31. The Bertz CT molecular complexity index is 176. The molecular formula is C10H20N2O. The highest BCUT2D eigenvalue weighted by Crippen LogP contribution is 2.33. The van der Waals surface area contributed by atoms with Crippen molar-refractivity contribution in [3.63, 3.8) is 0 Å². The molecule has 13 heavy (non-hydrogen) atoms. The molecule has 0 radical (unpaired) electrons. The van der Waals surface area contributed by atoms with Gasteiger partial charge in [0, 0.05) is 6.54 Å². The maximum atomic E-state index is 11.4. The lowest BCUT2D eigenvalue weighted by Crippen LogP contribution is -2.42. The van der Waals surface area contributed by atoms with E-state index in [2.05, 4.69) is 19.2 Å². The van der Waals surface area contributed by atoms with E-state index in [1.807, 2.05) is 0 Å². The summed E-state index contributed by atoms with van der Waals surface area (Å²) in [4.78, 5) is 11.4. The molecule has 1 saturated carbocycles. The summed E-state index contributed by atoms with van der Waals surface area (Å²) in [6, 6.07) is -0.286. The van der Waals surface area contributed by atoms with Crippen molar-refractivity contribution in [1.82, 2.24) is 5.32 Å². The number of carbonyl (C=O) groups excluding carboxylic acids is 1. The second kappa shape index (κ2) is 4.61. The Labute approximate surface area is 80.1 Å². The second-order valence-electron chi connectivity index (χ2n) is 4.42. The van der Waals surface area contributed by atoms with Gasteiger partial charge in [0.15, 0.2) is 0 Å². The monoisotopic (exact) mass is 184 g/mol. The quantitative estimate of drug-likeness (QED) is 0.666. The van der Waals surface area contributed by atoms with E-state index in [-0.39, 0.29) is 11.9 Å². The van der Waals surface area contributed by atoms with Crippen LogP contribution in [0.2, 0.25) is 0 Å². The summed E-state index contributed by atoms with van der Waals surface area (Å²) < 4.78 is 0. The van der Waals surface area contributed by atoms with E-state index in [9.17, 15) is 4.79 Å². The maximum Gasteiger partial charge on any atom is 0.236 e. The van der Waals surface area contributed by atoms with Gasteiger partial charge >= 0.3 is 0 Å². The van der Waals surface area contributed by atoms with Crippen LogP contribution in [0.3, 0.4) is 0 Å². The molecule has 0 heterocycles. The van der Waals surface area contributed by atoms with Crippen molar-refractivity contribution < 1.29 is 4.79 Å². The van der Waals surface area contributed by atoms with Gasteiger partial charge in [0.2, 0.25) is 5.91 Å². The van der Waals surface area contributed by atoms with Gasteiger partial charge in [-0.3, -0.25) is 4.79 Å². The van der Waals surface area contributed by atoms with E-state index >= 15 is 0 Å². The van der Waals surface area contributed by atoms with E-state index in [0.29, 0.717) is 5.92 Å². The minimum atomic E-state index is -0.286. The number of carbonyl (C=O) groups is 1. The molecular weight excluding hydrogens is 164 g/mol. The number of nitrogens with one attached hydrogen (secondary N) is 1. The molecule has 1 atom stereocenters. The Morgan fingerprint density at radius 1 is 1.54 bits per heavy atom. The third kappa shape index (κ3) is 4.27. The zero-order valence-corrected chi connectivity index (χ0v) is 8.55. The lowest BCUT2D eigenvalue weighted by Gasteiger charge is -2.12. The van der Waals surface area contributed by atoms with Crippen molar-refractivity contribution >= 4 is 5.91 Å². The highest BCUT2D eigenvalue weighted by Gasteiger charge is 2.26. The van der Waals surface area contributed by atoms with E-state index < -0.39 is 0 Å². The van der Waals surface area contributed by atoms with Crippen molar-refractivity contribution in [1.29, 1.82) is 0 Å². The van der Waals surface area contributed by atoms with Crippen LogP contribution in [0.5, 0.6) is 0 Å². The molecule has 3 heteroatoms. The molecule has 1 rings (SSSR count). The molecule has 1 fully saturated rings. The number of hydrogen-bond donors (Lipinski definition) is 2. The lowest BCUT2D eigenvalue weighted by atomic mass is 10.1. The van der Waals surface area contributed by atoms with Crippen LogP contribution in [0.1, 0.15) is 33.1 Å². The van der Waals surface area contributed by atoms with E-state index in [1.165, 1.54) is 12.8 Å². The fraction of sp³-hybridized carbons (Fsp3) is 0.900. The SMILES string of the molecule is CC(C)CNC(=O)C(N)CC1CC1. The molecule has 0 aliphatic heterocycles. The molecule has 0 aromatic carbocycles. The number of hydrogen-bond acceptors (Lipinski definition) is 2. The summed E-state index contributed by atoms with van der Waals surface area (Å²) in [7, 11) is 0. The zero-order valence-electron chi connectivity index (χ0n) is 8.55. The van der Waals surface area contributed by atoms with Crippen LogP contribution in [0.25, 0.3) is 0 Å². The molecule has 3 nitrogen and oxygen atoms in total. The summed E-state index contributed by atoms with van der Waals surface area (Å²) in [5.74, 6) is 1.23. The molecule has 1 aliphatic carbocycles. The first-order chi connectivity index (χ1) is 6.09. The van der Waals surface area contributed by atoms with Gasteiger partial charge in [-0.1, -0.05) is 26.7 Å². The van der Waals surface area contributed by atoms with Crippen LogP contribution in [0.4, 0.5) is 0 Å². The molecule has 3 N–H and O–H groups in total. The third-order valence-corrected chi connectivity index (χ3v) is 2.31. The Morgan fingerprint density at radius 2 is 2.15 bits per heavy atom. The average molecular weight is 184 g/mol. The van der Waals surface area contributed by atoms with Gasteiger partial charge in [0.25, 0.3) is 0 Å². The molecule has 0 aromatic rings. The topological polar surface area (TPSA) is 55.1 Å². The van der Waals surface area contributed by atoms with Crippen molar-refractivity contribution in [2.24, 2.45) is 17.6 Å². The molecule has 0 bridgehead atoms. The Kier molecular flexibility index (Phi) is 3.72. The van der Waals surface area contributed by atoms with Crippen LogP contribution < -0.4 is 11.1 Å². The first kappa shape index (κ1) is 10.5. The molecule has 1 unspecified atom stereocenters. The average Bonchev–Trinajstić information content (AvgIpc) is 2.83. The van der Waals surface area contributed by atoms with Gasteiger partial charge in [0.05, 0.1) is 6.04 Å². The highest BCUT2D eigenvalue weighted by atomic mass is 16.2. The Hall–Kier alpha value is -0.570. The fourth-order valence-electron chi connectivity index (χ4n) is 1.26. The first-order valence-corrected chi connectivity index (χ1v) is 5.13. The number of rotatable bonds is 5. The van der Waals surface area contributed by atoms with Crippen LogP contribution in [0.15, 0.2) is 0 Å². The van der Waals surface area contributed by atoms with Crippen LogP contribution in [-0.2, 0) is 4.79 Å². The summed E-state index contributed by atoms with van der Waals surface area (Å²) in [6.45, 7) is 4.89. The van der Waals surface area contributed by atoms with Crippen molar-refractivity contribution in [3.05, 3.63) is 0 Å². The molecule has 0 aromatic heterocycles. The number of nitrogens with two attached hydrogens (primary N) is 1. The predicted molar refractivity (Wildman–Crippen MR) is 53.2 cm³/mol. The van der Waals surface area contributed by atoms with Gasteiger partial charge < -0.3 is 11.1 Å². The smallest absolute Gasteiger partial charge is 0.236 e. The van der Waals surface area contributed by atoms with Crippen LogP contribution in [0, 0.1) is 11.8 Å². The number of amides is 1. The lowest BCUT2D eigenvalue weighted by molar-refractivity contribution is -0.122.